The van der Waals surface area contributed by atoms with Crippen molar-refractivity contribution >= 4 is 17.5 Å². The number of pyridine rings is 1. The minimum atomic E-state index is -0.512. The number of carbonyl (C=O) groups excluding carboxylic acids is 2. The standard InChI is InChI=1S/C25H29N3O5/c29-14-22-25-20(11-18(32-22)12-23(30)27-13-16-5-7-26-8-6-16)19-10-17(3-4-21(19)33-25)28-24(31)9-15-1-2-15/h3-8,10,15,18,20,22,25,29H,1-2,9,11-14H2,(H,27,30)(H,28,31)/t18-,20-,22-,25+/m0/s1. The summed E-state index contributed by atoms with van der Waals surface area (Å²) < 4.78 is 12.1. The van der Waals surface area contributed by atoms with Gasteiger partial charge >= 0.3 is 0 Å². The smallest absolute Gasteiger partial charge is 0.224 e. The number of fused-ring (bicyclic) bond motifs is 3. The van der Waals surface area contributed by atoms with Gasteiger partial charge in [0.1, 0.15) is 18.0 Å². The van der Waals surface area contributed by atoms with Crippen LogP contribution in [0.2, 0.25) is 0 Å². The second kappa shape index (κ2) is 9.49. The number of carbonyl (C=O) groups is 2. The molecule has 1 aromatic carbocycles. The van der Waals surface area contributed by atoms with Crippen LogP contribution in [-0.4, -0.2) is 46.8 Å². The lowest BCUT2D eigenvalue weighted by atomic mass is 9.84. The Morgan fingerprint density at radius 1 is 1.09 bits per heavy atom. The molecule has 0 radical (unpaired) electrons. The molecule has 1 saturated heterocycles. The van der Waals surface area contributed by atoms with Gasteiger partial charge in [0, 0.05) is 42.5 Å². The van der Waals surface area contributed by atoms with Gasteiger partial charge in [-0.05, 0) is 61.1 Å². The van der Waals surface area contributed by atoms with Gasteiger partial charge in [-0.1, -0.05) is 0 Å². The first-order valence-corrected chi connectivity index (χ1v) is 11.6. The summed E-state index contributed by atoms with van der Waals surface area (Å²) in [6, 6.07) is 9.39. The molecular formula is C25H29N3O5. The summed E-state index contributed by atoms with van der Waals surface area (Å²) in [5.41, 5.74) is 2.72. The highest BCUT2D eigenvalue weighted by molar-refractivity contribution is 5.91. The van der Waals surface area contributed by atoms with E-state index in [9.17, 15) is 14.7 Å². The first-order valence-electron chi connectivity index (χ1n) is 11.6. The largest absolute Gasteiger partial charge is 0.487 e. The Bertz CT molecular complexity index is 1010. The monoisotopic (exact) mass is 451 g/mol. The molecule has 2 aromatic rings. The lowest BCUT2D eigenvalue weighted by molar-refractivity contribution is -0.142. The van der Waals surface area contributed by atoms with Crippen LogP contribution in [0.15, 0.2) is 42.7 Å². The maximum Gasteiger partial charge on any atom is 0.224 e. The first kappa shape index (κ1) is 21.9. The number of anilines is 1. The molecule has 3 N–H and O–H groups in total. The van der Waals surface area contributed by atoms with Crippen molar-refractivity contribution in [2.45, 2.75) is 62.9 Å². The molecule has 2 fully saturated rings. The number of benzene rings is 1. The van der Waals surface area contributed by atoms with Gasteiger partial charge in [-0.25, -0.2) is 0 Å². The highest BCUT2D eigenvalue weighted by Gasteiger charge is 2.46. The molecule has 4 atom stereocenters. The molecule has 8 heteroatoms. The molecule has 3 heterocycles. The van der Waals surface area contributed by atoms with E-state index >= 15 is 0 Å². The third-order valence-corrected chi connectivity index (χ3v) is 6.61. The zero-order valence-corrected chi connectivity index (χ0v) is 18.4. The van der Waals surface area contributed by atoms with Gasteiger partial charge < -0.3 is 25.2 Å². The van der Waals surface area contributed by atoms with Crippen molar-refractivity contribution < 1.29 is 24.2 Å². The van der Waals surface area contributed by atoms with Gasteiger partial charge in [0.05, 0.1) is 19.1 Å². The SMILES string of the molecule is O=C(C[C@@H]1C[C@H]2c3cc(NC(=O)CC4CC4)ccc3O[C@H]2[C@H](CO)O1)NCc1ccncc1. The Hall–Kier alpha value is -2.97. The lowest BCUT2D eigenvalue weighted by Crippen LogP contribution is -2.47. The van der Waals surface area contributed by atoms with Crippen molar-refractivity contribution in [1.82, 2.24) is 10.3 Å². The number of aliphatic hydroxyl groups excluding tert-OH is 1. The summed E-state index contributed by atoms with van der Waals surface area (Å²) in [7, 11) is 0. The fourth-order valence-electron chi connectivity index (χ4n) is 4.74. The number of nitrogens with zero attached hydrogens (tertiary/aromatic N) is 1. The maximum absolute atomic E-state index is 12.5. The van der Waals surface area contributed by atoms with Crippen molar-refractivity contribution in [2.24, 2.45) is 5.92 Å². The number of amides is 2. The van der Waals surface area contributed by atoms with Gasteiger partial charge in [-0.2, -0.15) is 0 Å². The Morgan fingerprint density at radius 3 is 2.67 bits per heavy atom. The van der Waals surface area contributed by atoms with Crippen molar-refractivity contribution in [3.63, 3.8) is 0 Å². The van der Waals surface area contributed by atoms with Crippen LogP contribution in [0.3, 0.4) is 0 Å². The van der Waals surface area contributed by atoms with Gasteiger partial charge in [0.15, 0.2) is 0 Å². The maximum atomic E-state index is 12.5. The van der Waals surface area contributed by atoms with Crippen molar-refractivity contribution in [1.29, 1.82) is 0 Å². The highest BCUT2D eigenvalue weighted by Crippen LogP contribution is 2.47. The quantitative estimate of drug-likeness (QED) is 0.569. The minimum absolute atomic E-state index is 0.0100. The number of hydrogen-bond donors (Lipinski definition) is 3. The van der Waals surface area contributed by atoms with Gasteiger partial charge in [0.2, 0.25) is 11.8 Å². The molecule has 33 heavy (non-hydrogen) atoms. The fourth-order valence-corrected chi connectivity index (χ4v) is 4.74. The molecule has 2 amide bonds. The van der Waals surface area contributed by atoms with E-state index in [2.05, 4.69) is 15.6 Å². The molecule has 2 aliphatic heterocycles. The van der Waals surface area contributed by atoms with Crippen LogP contribution < -0.4 is 15.4 Å². The van der Waals surface area contributed by atoms with E-state index in [0.717, 1.165) is 35.4 Å². The second-order valence-electron chi connectivity index (χ2n) is 9.19. The number of aromatic nitrogens is 1. The van der Waals surface area contributed by atoms with Crippen molar-refractivity contribution in [3.8, 4) is 5.75 Å². The summed E-state index contributed by atoms with van der Waals surface area (Å²) in [6.07, 6.45) is 5.88. The number of aliphatic hydroxyl groups is 1. The molecule has 1 aliphatic carbocycles. The van der Waals surface area contributed by atoms with E-state index < -0.39 is 6.10 Å². The normalized spacial score (nSPS) is 25.5. The molecule has 0 bridgehead atoms. The van der Waals surface area contributed by atoms with E-state index in [4.69, 9.17) is 9.47 Å². The Kier molecular flexibility index (Phi) is 6.28. The van der Waals surface area contributed by atoms with Crippen LogP contribution in [0, 0.1) is 5.92 Å². The van der Waals surface area contributed by atoms with E-state index in [1.807, 2.05) is 30.3 Å². The summed E-state index contributed by atoms with van der Waals surface area (Å²) in [6.45, 7) is 0.245. The van der Waals surface area contributed by atoms with E-state index in [1.165, 1.54) is 0 Å². The Balaban J connectivity index is 1.24. The third kappa shape index (κ3) is 5.17. The Labute approximate surface area is 192 Å². The van der Waals surface area contributed by atoms with Crippen LogP contribution in [0.5, 0.6) is 5.75 Å². The molecule has 8 nitrogen and oxygen atoms in total. The van der Waals surface area contributed by atoms with Crippen LogP contribution in [0.1, 0.15) is 49.1 Å². The van der Waals surface area contributed by atoms with Crippen molar-refractivity contribution in [2.75, 3.05) is 11.9 Å². The van der Waals surface area contributed by atoms with Crippen LogP contribution in [0.25, 0.3) is 0 Å². The Morgan fingerprint density at radius 2 is 1.91 bits per heavy atom. The summed E-state index contributed by atoms with van der Waals surface area (Å²) in [5, 5.41) is 15.8. The molecule has 1 aromatic heterocycles. The minimum Gasteiger partial charge on any atom is -0.487 e. The zero-order valence-electron chi connectivity index (χ0n) is 18.4. The molecule has 1 saturated carbocycles. The summed E-state index contributed by atoms with van der Waals surface area (Å²) >= 11 is 0. The summed E-state index contributed by atoms with van der Waals surface area (Å²) in [5.74, 6) is 1.20. The number of hydrogen-bond acceptors (Lipinski definition) is 6. The topological polar surface area (TPSA) is 110 Å². The van der Waals surface area contributed by atoms with E-state index in [-0.39, 0.29) is 43.0 Å². The average Bonchev–Trinajstić information content (AvgIpc) is 3.56. The molecular weight excluding hydrogens is 422 g/mol. The van der Waals surface area contributed by atoms with Gasteiger partial charge in [-0.15, -0.1) is 0 Å². The number of rotatable bonds is 8. The summed E-state index contributed by atoms with van der Waals surface area (Å²) in [4.78, 5) is 28.8. The molecule has 5 rings (SSSR count). The first-order chi connectivity index (χ1) is 16.1. The predicted molar refractivity (Wildman–Crippen MR) is 121 cm³/mol. The van der Waals surface area contributed by atoms with E-state index in [1.54, 1.807) is 12.4 Å². The molecule has 3 aliphatic rings. The zero-order chi connectivity index (χ0) is 22.8. The predicted octanol–water partition coefficient (Wildman–Crippen LogP) is 2.52. The van der Waals surface area contributed by atoms with Crippen LogP contribution in [-0.2, 0) is 20.9 Å². The molecule has 0 unspecified atom stereocenters. The lowest BCUT2D eigenvalue weighted by Gasteiger charge is -2.37. The molecule has 174 valence electrons. The fraction of sp³-hybridized carbons (Fsp3) is 0.480. The van der Waals surface area contributed by atoms with Gasteiger partial charge in [0.25, 0.3) is 0 Å². The highest BCUT2D eigenvalue weighted by atomic mass is 16.6. The van der Waals surface area contributed by atoms with Crippen molar-refractivity contribution in [3.05, 3.63) is 53.9 Å². The van der Waals surface area contributed by atoms with E-state index in [0.29, 0.717) is 25.3 Å². The number of nitrogens with one attached hydrogen (secondary N) is 2. The average molecular weight is 452 g/mol. The molecule has 0 spiro atoms. The van der Waals surface area contributed by atoms with Crippen LogP contribution >= 0.6 is 0 Å². The third-order valence-electron chi connectivity index (χ3n) is 6.61. The number of ether oxygens (including phenoxy) is 2. The second-order valence-corrected chi connectivity index (χ2v) is 9.19. The van der Waals surface area contributed by atoms with Crippen LogP contribution in [0.4, 0.5) is 5.69 Å². The van der Waals surface area contributed by atoms with Gasteiger partial charge in [-0.3, -0.25) is 14.6 Å².